The predicted molar refractivity (Wildman–Crippen MR) is 121 cm³/mol. The van der Waals surface area contributed by atoms with Gasteiger partial charge in [-0.15, -0.1) is 0 Å². The zero-order chi connectivity index (χ0) is 24.7. The van der Waals surface area contributed by atoms with Crippen molar-refractivity contribution in [2.45, 2.75) is 45.3 Å². The predicted octanol–water partition coefficient (Wildman–Crippen LogP) is 3.90. The minimum Gasteiger partial charge on any atom is -0.496 e. The molecule has 1 fully saturated rings. The SMILES string of the molecule is COc1c(C(C)n2nc(C(F)F)c3c(N)ncnc32)cc(C#N)c(C)c1C1CN(CC(C)F)C1. The molecule has 0 aliphatic carbocycles. The van der Waals surface area contributed by atoms with Gasteiger partial charge >= 0.3 is 0 Å². The normalized spacial score (nSPS) is 16.4. The number of benzene rings is 1. The van der Waals surface area contributed by atoms with Crippen LogP contribution in [0, 0.1) is 18.3 Å². The van der Waals surface area contributed by atoms with Crippen LogP contribution in [-0.4, -0.2) is 57.6 Å². The Hall–Kier alpha value is -3.39. The topological polar surface area (TPSA) is 106 Å². The van der Waals surface area contributed by atoms with Crippen LogP contribution in [0.4, 0.5) is 19.0 Å². The van der Waals surface area contributed by atoms with Crippen LogP contribution >= 0.6 is 0 Å². The Morgan fingerprint density at radius 1 is 1.26 bits per heavy atom. The van der Waals surface area contributed by atoms with Crippen molar-refractivity contribution in [2.75, 3.05) is 32.5 Å². The van der Waals surface area contributed by atoms with E-state index in [1.54, 1.807) is 13.0 Å². The monoisotopic (exact) mass is 473 g/mol. The fourth-order valence-electron chi connectivity index (χ4n) is 4.78. The van der Waals surface area contributed by atoms with Crippen LogP contribution < -0.4 is 10.5 Å². The first-order valence-electron chi connectivity index (χ1n) is 10.9. The largest absolute Gasteiger partial charge is 0.496 e. The van der Waals surface area contributed by atoms with Crippen molar-refractivity contribution in [1.82, 2.24) is 24.6 Å². The van der Waals surface area contributed by atoms with Crippen molar-refractivity contribution in [1.29, 1.82) is 5.26 Å². The van der Waals surface area contributed by atoms with Crippen LogP contribution in [0.5, 0.6) is 5.75 Å². The summed E-state index contributed by atoms with van der Waals surface area (Å²) in [6.07, 6.45) is -2.60. The van der Waals surface area contributed by atoms with Crippen LogP contribution in [0.3, 0.4) is 0 Å². The van der Waals surface area contributed by atoms with Crippen molar-refractivity contribution < 1.29 is 17.9 Å². The number of hydrogen-bond acceptors (Lipinski definition) is 7. The number of rotatable bonds is 7. The highest BCUT2D eigenvalue weighted by molar-refractivity contribution is 5.88. The summed E-state index contributed by atoms with van der Waals surface area (Å²) in [6.45, 7) is 6.77. The summed E-state index contributed by atoms with van der Waals surface area (Å²) >= 11 is 0. The van der Waals surface area contributed by atoms with Gasteiger partial charge in [-0.3, -0.25) is 4.90 Å². The van der Waals surface area contributed by atoms with Crippen LogP contribution in [0.1, 0.15) is 60.2 Å². The second-order valence-electron chi connectivity index (χ2n) is 8.66. The number of anilines is 1. The van der Waals surface area contributed by atoms with E-state index >= 15 is 0 Å². The molecule has 2 atom stereocenters. The van der Waals surface area contributed by atoms with Gasteiger partial charge in [0.05, 0.1) is 30.2 Å². The van der Waals surface area contributed by atoms with E-state index in [9.17, 15) is 18.4 Å². The summed E-state index contributed by atoms with van der Waals surface area (Å²) in [7, 11) is 1.53. The van der Waals surface area contributed by atoms with E-state index in [4.69, 9.17) is 10.5 Å². The van der Waals surface area contributed by atoms with Crippen molar-refractivity contribution in [3.8, 4) is 11.8 Å². The highest BCUT2D eigenvalue weighted by atomic mass is 19.3. The molecule has 1 aliphatic heterocycles. The van der Waals surface area contributed by atoms with E-state index in [1.807, 2.05) is 11.8 Å². The summed E-state index contributed by atoms with van der Waals surface area (Å²) in [5.41, 5.74) is 8.26. The lowest BCUT2D eigenvalue weighted by molar-refractivity contribution is 0.111. The Balaban J connectivity index is 1.84. The molecule has 1 saturated heterocycles. The van der Waals surface area contributed by atoms with Gasteiger partial charge in [-0.25, -0.2) is 27.8 Å². The molecular formula is C23H26F3N7O. The molecule has 1 aliphatic rings. The second-order valence-corrected chi connectivity index (χ2v) is 8.66. The fraction of sp³-hybridized carbons (Fsp3) is 0.478. The van der Waals surface area contributed by atoms with Gasteiger partial charge in [-0.05, 0) is 32.4 Å². The molecule has 0 radical (unpaired) electrons. The Morgan fingerprint density at radius 2 is 1.97 bits per heavy atom. The average Bonchev–Trinajstić information content (AvgIpc) is 3.16. The Kier molecular flexibility index (Phi) is 6.36. The van der Waals surface area contributed by atoms with Gasteiger partial charge in [-0.2, -0.15) is 10.4 Å². The van der Waals surface area contributed by atoms with Gasteiger partial charge in [0.25, 0.3) is 6.43 Å². The number of likely N-dealkylation sites (tertiary alicyclic amines) is 1. The number of alkyl halides is 3. The number of halogens is 3. The van der Waals surface area contributed by atoms with Crippen LogP contribution in [0.25, 0.3) is 11.0 Å². The lowest BCUT2D eigenvalue weighted by atomic mass is 9.83. The lowest BCUT2D eigenvalue weighted by Crippen LogP contribution is -2.47. The molecule has 0 spiro atoms. The molecule has 2 aromatic heterocycles. The molecule has 3 heterocycles. The number of hydrogen-bond donors (Lipinski definition) is 1. The first-order chi connectivity index (χ1) is 16.2. The summed E-state index contributed by atoms with van der Waals surface area (Å²) in [4.78, 5) is 10.00. The summed E-state index contributed by atoms with van der Waals surface area (Å²) in [5.74, 6) is 0.535. The van der Waals surface area contributed by atoms with E-state index in [-0.39, 0.29) is 22.8 Å². The van der Waals surface area contributed by atoms with Gasteiger partial charge in [0.2, 0.25) is 0 Å². The quantitative estimate of drug-likeness (QED) is 0.555. The summed E-state index contributed by atoms with van der Waals surface area (Å²) in [6, 6.07) is 3.32. The number of nitrogens with zero attached hydrogens (tertiary/aromatic N) is 6. The van der Waals surface area contributed by atoms with Crippen molar-refractivity contribution >= 4 is 16.9 Å². The minimum atomic E-state index is -2.87. The highest BCUT2D eigenvalue weighted by Gasteiger charge is 2.35. The number of methoxy groups -OCH3 is 1. The maximum Gasteiger partial charge on any atom is 0.282 e. The van der Waals surface area contributed by atoms with Crippen molar-refractivity contribution in [3.63, 3.8) is 0 Å². The van der Waals surface area contributed by atoms with E-state index < -0.39 is 24.3 Å². The third-order valence-corrected chi connectivity index (χ3v) is 6.38. The average molecular weight is 474 g/mol. The molecule has 2 N–H and O–H groups in total. The Morgan fingerprint density at radius 3 is 2.56 bits per heavy atom. The summed E-state index contributed by atoms with van der Waals surface area (Å²) in [5, 5.41) is 13.9. The first kappa shape index (κ1) is 23.8. The van der Waals surface area contributed by atoms with E-state index in [0.29, 0.717) is 36.5 Å². The maximum absolute atomic E-state index is 13.7. The molecule has 1 aromatic carbocycles. The third kappa shape index (κ3) is 3.92. The standard InChI is InChI=1S/C23H26F3N7O/c1-11(24)7-32-8-15(9-32)17-12(2)14(6-27)5-16(20(17)34-4)13(3)33-23-18(19(31-33)21(25)26)22(28)29-10-30-23/h5,10-11,13,15,21H,7-9H2,1-4H3,(H2,28,29,30). The number of aromatic nitrogens is 4. The molecule has 0 saturated carbocycles. The Labute approximate surface area is 195 Å². The second kappa shape index (κ2) is 9.10. The molecule has 34 heavy (non-hydrogen) atoms. The third-order valence-electron chi connectivity index (χ3n) is 6.38. The smallest absolute Gasteiger partial charge is 0.282 e. The van der Waals surface area contributed by atoms with Crippen molar-refractivity contribution in [3.05, 3.63) is 40.3 Å². The van der Waals surface area contributed by atoms with Gasteiger partial charge in [0, 0.05) is 36.7 Å². The van der Waals surface area contributed by atoms with E-state index in [1.165, 1.54) is 25.0 Å². The zero-order valence-electron chi connectivity index (χ0n) is 19.4. The van der Waals surface area contributed by atoms with Crippen LogP contribution in [0.15, 0.2) is 12.4 Å². The molecule has 2 unspecified atom stereocenters. The summed E-state index contributed by atoms with van der Waals surface area (Å²) < 4.78 is 48.1. The maximum atomic E-state index is 13.7. The first-order valence-corrected chi connectivity index (χ1v) is 10.9. The van der Waals surface area contributed by atoms with Gasteiger partial charge in [0.15, 0.2) is 5.65 Å². The zero-order valence-corrected chi connectivity index (χ0v) is 19.4. The number of nitrogens with two attached hydrogens (primary N) is 1. The number of nitrogen functional groups attached to an aromatic ring is 1. The van der Waals surface area contributed by atoms with Gasteiger partial charge in [-0.1, -0.05) is 0 Å². The molecule has 11 heteroatoms. The number of fused-ring (bicyclic) bond motifs is 1. The molecule has 180 valence electrons. The van der Waals surface area contributed by atoms with E-state index in [2.05, 4.69) is 21.1 Å². The molecular weight excluding hydrogens is 447 g/mol. The minimum absolute atomic E-state index is 0.00568. The number of ether oxygens (including phenoxy) is 1. The fourth-order valence-corrected chi connectivity index (χ4v) is 4.78. The molecule has 0 bridgehead atoms. The number of nitriles is 1. The van der Waals surface area contributed by atoms with Crippen LogP contribution in [0.2, 0.25) is 0 Å². The molecule has 4 rings (SSSR count). The molecule has 8 nitrogen and oxygen atoms in total. The van der Waals surface area contributed by atoms with E-state index in [0.717, 1.165) is 11.1 Å². The van der Waals surface area contributed by atoms with Gasteiger partial charge < -0.3 is 10.5 Å². The molecule has 3 aromatic rings. The van der Waals surface area contributed by atoms with Crippen molar-refractivity contribution in [2.24, 2.45) is 0 Å². The molecule has 0 amide bonds. The lowest BCUT2D eigenvalue weighted by Gasteiger charge is -2.41. The van der Waals surface area contributed by atoms with Gasteiger partial charge in [0.1, 0.15) is 29.8 Å². The van der Waals surface area contributed by atoms with Crippen LogP contribution in [-0.2, 0) is 0 Å². The Bertz CT molecular complexity index is 1260. The highest BCUT2D eigenvalue weighted by Crippen LogP contribution is 2.43.